The third kappa shape index (κ3) is 5.76. The van der Waals surface area contributed by atoms with Crippen molar-refractivity contribution in [3.8, 4) is 11.8 Å². The number of carbonyl (C=O) groups excluding carboxylic acids is 2. The topological polar surface area (TPSA) is 88.4 Å². The SMILES string of the molecule is COc1ccc(C=C(C#N)C(=O)OCC(=O)Nc2cccc(Br)c2)cc1. The molecule has 0 atom stereocenters. The fraction of sp³-hybridized carbons (Fsp3) is 0.105. The summed E-state index contributed by atoms with van der Waals surface area (Å²) in [5.41, 5.74) is 0.998. The lowest BCUT2D eigenvalue weighted by atomic mass is 10.1. The number of benzene rings is 2. The van der Waals surface area contributed by atoms with Gasteiger partial charge in [0.15, 0.2) is 6.61 Å². The van der Waals surface area contributed by atoms with Gasteiger partial charge in [-0.2, -0.15) is 5.26 Å². The normalized spacial score (nSPS) is 10.6. The number of hydrogen-bond donors (Lipinski definition) is 1. The van der Waals surface area contributed by atoms with E-state index in [1.165, 1.54) is 6.08 Å². The molecule has 1 amide bonds. The molecule has 0 heterocycles. The summed E-state index contributed by atoms with van der Waals surface area (Å²) in [7, 11) is 1.54. The minimum atomic E-state index is -0.868. The summed E-state index contributed by atoms with van der Waals surface area (Å²) >= 11 is 3.30. The molecule has 132 valence electrons. The van der Waals surface area contributed by atoms with Gasteiger partial charge in [0, 0.05) is 10.2 Å². The zero-order chi connectivity index (χ0) is 18.9. The van der Waals surface area contributed by atoms with Gasteiger partial charge in [0.1, 0.15) is 17.4 Å². The molecule has 2 aromatic rings. The summed E-state index contributed by atoms with van der Waals surface area (Å²) in [5.74, 6) is -0.710. The van der Waals surface area contributed by atoms with E-state index in [2.05, 4.69) is 21.2 Å². The van der Waals surface area contributed by atoms with Crippen molar-refractivity contribution in [2.75, 3.05) is 19.0 Å². The van der Waals surface area contributed by atoms with Crippen LogP contribution in [0, 0.1) is 11.3 Å². The molecule has 2 rings (SSSR count). The molecule has 0 fully saturated rings. The minimum Gasteiger partial charge on any atom is -0.497 e. The molecular weight excluding hydrogens is 400 g/mol. The van der Waals surface area contributed by atoms with E-state index >= 15 is 0 Å². The van der Waals surface area contributed by atoms with Crippen molar-refractivity contribution in [2.24, 2.45) is 0 Å². The molecule has 7 heteroatoms. The van der Waals surface area contributed by atoms with Crippen LogP contribution in [0.5, 0.6) is 5.75 Å². The van der Waals surface area contributed by atoms with Gasteiger partial charge < -0.3 is 14.8 Å². The van der Waals surface area contributed by atoms with Crippen molar-refractivity contribution in [2.45, 2.75) is 0 Å². The van der Waals surface area contributed by atoms with Crippen LogP contribution in [0.15, 0.2) is 58.6 Å². The quantitative estimate of drug-likeness (QED) is 0.443. The Morgan fingerprint density at radius 2 is 1.96 bits per heavy atom. The number of nitrogens with one attached hydrogen (secondary N) is 1. The molecule has 0 radical (unpaired) electrons. The maximum atomic E-state index is 12.0. The van der Waals surface area contributed by atoms with Gasteiger partial charge in [-0.3, -0.25) is 4.79 Å². The van der Waals surface area contributed by atoms with Crippen LogP contribution in [0.4, 0.5) is 5.69 Å². The van der Waals surface area contributed by atoms with Crippen LogP contribution < -0.4 is 10.1 Å². The van der Waals surface area contributed by atoms with E-state index in [1.54, 1.807) is 55.6 Å². The fourth-order valence-corrected chi connectivity index (χ4v) is 2.38. The second kappa shape index (κ2) is 9.39. The summed E-state index contributed by atoms with van der Waals surface area (Å²) < 4.78 is 10.7. The molecule has 0 aromatic heterocycles. The van der Waals surface area contributed by atoms with Crippen LogP contribution in [-0.4, -0.2) is 25.6 Å². The highest BCUT2D eigenvalue weighted by molar-refractivity contribution is 9.10. The summed E-state index contributed by atoms with van der Waals surface area (Å²) in [4.78, 5) is 23.8. The van der Waals surface area contributed by atoms with Gasteiger partial charge >= 0.3 is 5.97 Å². The Hall–Kier alpha value is -3.11. The minimum absolute atomic E-state index is 0.203. The monoisotopic (exact) mass is 414 g/mol. The molecule has 0 bridgehead atoms. The van der Waals surface area contributed by atoms with E-state index in [0.29, 0.717) is 17.0 Å². The van der Waals surface area contributed by atoms with Crippen molar-refractivity contribution in [3.63, 3.8) is 0 Å². The number of nitriles is 1. The molecule has 0 saturated heterocycles. The van der Waals surface area contributed by atoms with Crippen LogP contribution >= 0.6 is 15.9 Å². The number of halogens is 1. The average molecular weight is 415 g/mol. The van der Waals surface area contributed by atoms with E-state index < -0.39 is 18.5 Å². The van der Waals surface area contributed by atoms with Gasteiger partial charge in [0.2, 0.25) is 0 Å². The van der Waals surface area contributed by atoms with Crippen LogP contribution in [0.2, 0.25) is 0 Å². The number of rotatable bonds is 6. The third-order valence-electron chi connectivity index (χ3n) is 3.21. The van der Waals surface area contributed by atoms with E-state index in [1.807, 2.05) is 6.07 Å². The van der Waals surface area contributed by atoms with Crippen LogP contribution in [0.1, 0.15) is 5.56 Å². The Labute approximate surface area is 159 Å². The molecule has 26 heavy (non-hydrogen) atoms. The van der Waals surface area contributed by atoms with Gasteiger partial charge in [-0.1, -0.05) is 34.1 Å². The Kier molecular flexibility index (Phi) is 6.94. The molecule has 2 aromatic carbocycles. The van der Waals surface area contributed by atoms with Gasteiger partial charge in [-0.25, -0.2) is 4.79 Å². The second-order valence-corrected chi connectivity index (χ2v) is 5.99. The summed E-state index contributed by atoms with van der Waals surface area (Å²) in [6.45, 7) is -0.493. The molecular formula is C19H15BrN2O4. The number of esters is 1. The lowest BCUT2D eigenvalue weighted by molar-refractivity contribution is -0.142. The number of amides is 1. The van der Waals surface area contributed by atoms with Crippen molar-refractivity contribution in [3.05, 3.63) is 64.1 Å². The predicted molar refractivity (Wildman–Crippen MR) is 100 cm³/mol. The first-order chi connectivity index (χ1) is 12.5. The van der Waals surface area contributed by atoms with E-state index in [0.717, 1.165) is 4.47 Å². The van der Waals surface area contributed by atoms with Crippen molar-refractivity contribution in [1.82, 2.24) is 0 Å². The number of nitrogens with zero attached hydrogens (tertiary/aromatic N) is 1. The van der Waals surface area contributed by atoms with Crippen LogP contribution in [-0.2, 0) is 14.3 Å². The molecule has 6 nitrogen and oxygen atoms in total. The number of carbonyl (C=O) groups is 2. The predicted octanol–water partition coefficient (Wildman–Crippen LogP) is 3.55. The van der Waals surface area contributed by atoms with Gasteiger partial charge in [0.25, 0.3) is 5.91 Å². The fourth-order valence-electron chi connectivity index (χ4n) is 1.98. The highest BCUT2D eigenvalue weighted by Crippen LogP contribution is 2.16. The Bertz CT molecular complexity index is 870. The molecule has 0 spiro atoms. The number of ether oxygens (including phenoxy) is 2. The molecule has 0 aliphatic heterocycles. The van der Waals surface area contributed by atoms with E-state index in [-0.39, 0.29) is 5.57 Å². The Morgan fingerprint density at radius 3 is 2.58 bits per heavy atom. The van der Waals surface area contributed by atoms with Crippen molar-refractivity contribution in [1.29, 1.82) is 5.26 Å². The lowest BCUT2D eigenvalue weighted by Crippen LogP contribution is -2.21. The van der Waals surface area contributed by atoms with Crippen LogP contribution in [0.3, 0.4) is 0 Å². The molecule has 0 saturated carbocycles. The van der Waals surface area contributed by atoms with Gasteiger partial charge in [0.05, 0.1) is 7.11 Å². The summed E-state index contributed by atoms with van der Waals surface area (Å²) in [5, 5.41) is 11.7. The highest BCUT2D eigenvalue weighted by atomic mass is 79.9. The third-order valence-corrected chi connectivity index (χ3v) is 3.70. The van der Waals surface area contributed by atoms with Crippen LogP contribution in [0.25, 0.3) is 6.08 Å². The number of hydrogen-bond acceptors (Lipinski definition) is 5. The summed E-state index contributed by atoms with van der Waals surface area (Å²) in [6, 6.07) is 15.6. The molecule has 0 unspecified atom stereocenters. The first-order valence-electron chi connectivity index (χ1n) is 7.50. The first-order valence-corrected chi connectivity index (χ1v) is 8.29. The van der Waals surface area contributed by atoms with E-state index in [9.17, 15) is 9.59 Å². The average Bonchev–Trinajstić information content (AvgIpc) is 2.64. The molecule has 1 N–H and O–H groups in total. The maximum absolute atomic E-state index is 12.0. The lowest BCUT2D eigenvalue weighted by Gasteiger charge is -2.06. The van der Waals surface area contributed by atoms with Crippen molar-refractivity contribution < 1.29 is 19.1 Å². The first kappa shape index (κ1) is 19.2. The van der Waals surface area contributed by atoms with Crippen molar-refractivity contribution >= 4 is 39.6 Å². The Balaban J connectivity index is 1.94. The highest BCUT2D eigenvalue weighted by Gasteiger charge is 2.13. The number of methoxy groups -OCH3 is 1. The zero-order valence-electron chi connectivity index (χ0n) is 13.9. The largest absolute Gasteiger partial charge is 0.497 e. The zero-order valence-corrected chi connectivity index (χ0v) is 15.4. The number of anilines is 1. The van der Waals surface area contributed by atoms with Gasteiger partial charge in [-0.05, 0) is 42.0 Å². The van der Waals surface area contributed by atoms with Gasteiger partial charge in [-0.15, -0.1) is 0 Å². The smallest absolute Gasteiger partial charge is 0.349 e. The maximum Gasteiger partial charge on any atom is 0.349 e. The standard InChI is InChI=1S/C19H15BrN2O4/c1-25-17-7-5-13(6-8-17)9-14(11-21)19(24)26-12-18(23)22-16-4-2-3-15(20)10-16/h2-10H,12H2,1H3,(H,22,23). The van der Waals surface area contributed by atoms with E-state index in [4.69, 9.17) is 14.7 Å². The molecule has 0 aliphatic rings. The molecule has 0 aliphatic carbocycles. The summed E-state index contributed by atoms with van der Waals surface area (Å²) in [6.07, 6.45) is 1.38. The Morgan fingerprint density at radius 1 is 1.23 bits per heavy atom. The second-order valence-electron chi connectivity index (χ2n) is 5.08.